The van der Waals surface area contributed by atoms with Gasteiger partial charge in [-0.3, -0.25) is 0 Å². The van der Waals surface area contributed by atoms with E-state index in [2.05, 4.69) is 15.9 Å². The van der Waals surface area contributed by atoms with E-state index in [-0.39, 0.29) is 19.0 Å². The average Bonchev–Trinajstić information content (AvgIpc) is 2.41. The molecule has 1 aromatic carbocycles. The van der Waals surface area contributed by atoms with Crippen molar-refractivity contribution in [3.8, 4) is 11.5 Å². The van der Waals surface area contributed by atoms with Crippen molar-refractivity contribution in [3.63, 3.8) is 0 Å². The summed E-state index contributed by atoms with van der Waals surface area (Å²) in [7, 11) is -3.14. The van der Waals surface area contributed by atoms with E-state index in [4.69, 9.17) is 9.47 Å². The minimum Gasteiger partial charge on any atom is -0.490 e. The van der Waals surface area contributed by atoms with Crippen molar-refractivity contribution in [2.75, 3.05) is 19.0 Å². The smallest absolute Gasteiger partial charge is 0.175 e. The zero-order valence-corrected chi connectivity index (χ0v) is 14.8. The van der Waals surface area contributed by atoms with E-state index in [1.807, 2.05) is 6.92 Å². The third-order valence-electron chi connectivity index (χ3n) is 2.88. The van der Waals surface area contributed by atoms with Gasteiger partial charge in [0, 0.05) is 0 Å². The molecule has 0 amide bonds. The monoisotopic (exact) mass is 380 g/mol. The number of aliphatic hydroxyl groups is 1. The molecule has 0 radical (unpaired) electrons. The summed E-state index contributed by atoms with van der Waals surface area (Å²) in [4.78, 5) is 0. The van der Waals surface area contributed by atoms with E-state index in [0.29, 0.717) is 28.1 Å². The Morgan fingerprint density at radius 1 is 1.29 bits per heavy atom. The van der Waals surface area contributed by atoms with Crippen LogP contribution in [0.1, 0.15) is 26.3 Å². The highest BCUT2D eigenvalue weighted by Gasteiger charge is 2.18. The number of hydrogen-bond acceptors (Lipinski definition) is 5. The van der Waals surface area contributed by atoms with Gasteiger partial charge in [-0.1, -0.05) is 0 Å². The molecule has 1 aromatic rings. The molecule has 0 heterocycles. The van der Waals surface area contributed by atoms with Gasteiger partial charge in [0.05, 0.1) is 28.7 Å². The Kier molecular flexibility index (Phi) is 6.96. The van der Waals surface area contributed by atoms with E-state index < -0.39 is 15.1 Å². The van der Waals surface area contributed by atoms with E-state index >= 15 is 0 Å². The van der Waals surface area contributed by atoms with Gasteiger partial charge >= 0.3 is 0 Å². The summed E-state index contributed by atoms with van der Waals surface area (Å²) in [5.74, 6) is 0.885. The maximum Gasteiger partial charge on any atom is 0.175 e. The third-order valence-corrected chi connectivity index (χ3v) is 5.65. The van der Waals surface area contributed by atoms with Crippen LogP contribution >= 0.6 is 15.9 Å². The second kappa shape index (κ2) is 8.00. The van der Waals surface area contributed by atoms with Crippen LogP contribution in [0.15, 0.2) is 16.6 Å². The molecule has 0 saturated heterocycles. The fraction of sp³-hybridized carbons (Fsp3) is 0.571. The summed E-state index contributed by atoms with van der Waals surface area (Å²) >= 11 is 3.35. The molecule has 0 spiro atoms. The molecular formula is C14H21BrO5S. The van der Waals surface area contributed by atoms with Gasteiger partial charge in [0.25, 0.3) is 0 Å². The molecule has 5 nitrogen and oxygen atoms in total. The lowest BCUT2D eigenvalue weighted by molar-refractivity contribution is 0.273. The Hall–Kier alpha value is -0.790. The summed E-state index contributed by atoms with van der Waals surface area (Å²) in [5.41, 5.74) is 0.687. The lowest BCUT2D eigenvalue weighted by Gasteiger charge is -2.15. The lowest BCUT2D eigenvalue weighted by Crippen LogP contribution is -2.22. The first kappa shape index (κ1) is 18.3. The molecule has 0 fully saturated rings. The fourth-order valence-electron chi connectivity index (χ4n) is 1.61. The maximum absolute atomic E-state index is 11.8. The number of benzene rings is 1. The number of hydrogen-bond donors (Lipinski definition) is 1. The molecular weight excluding hydrogens is 360 g/mol. The molecule has 0 aliphatic carbocycles. The highest BCUT2D eigenvalue weighted by atomic mass is 79.9. The molecule has 21 heavy (non-hydrogen) atoms. The number of ether oxygens (including phenoxy) is 2. The number of rotatable bonds is 8. The Bertz CT molecular complexity index is 569. The first-order valence-corrected chi connectivity index (χ1v) is 9.23. The van der Waals surface area contributed by atoms with Gasteiger partial charge < -0.3 is 14.6 Å². The van der Waals surface area contributed by atoms with Gasteiger partial charge in [0.15, 0.2) is 21.3 Å². The molecule has 0 saturated carbocycles. The van der Waals surface area contributed by atoms with E-state index in [1.165, 1.54) is 0 Å². The zero-order chi connectivity index (χ0) is 16.0. The Morgan fingerprint density at radius 3 is 2.48 bits per heavy atom. The predicted octanol–water partition coefficient (Wildman–Crippen LogP) is 2.54. The largest absolute Gasteiger partial charge is 0.490 e. The van der Waals surface area contributed by atoms with Crippen LogP contribution < -0.4 is 9.47 Å². The van der Waals surface area contributed by atoms with Crippen LogP contribution in [0, 0.1) is 0 Å². The van der Waals surface area contributed by atoms with E-state index in [1.54, 1.807) is 26.0 Å². The van der Waals surface area contributed by atoms with Crippen LogP contribution in [0.3, 0.4) is 0 Å². The first-order chi connectivity index (χ1) is 9.81. The molecule has 120 valence electrons. The molecule has 1 rings (SSSR count). The Balaban J connectivity index is 2.87. The highest BCUT2D eigenvalue weighted by molar-refractivity contribution is 9.10. The van der Waals surface area contributed by atoms with E-state index in [0.717, 1.165) is 0 Å². The van der Waals surface area contributed by atoms with Crippen LogP contribution in [0.2, 0.25) is 0 Å². The number of sulfone groups is 1. The van der Waals surface area contributed by atoms with Crippen molar-refractivity contribution in [2.24, 2.45) is 0 Å². The molecule has 0 aliphatic heterocycles. The predicted molar refractivity (Wildman–Crippen MR) is 85.7 cm³/mol. The molecule has 1 N–H and O–H groups in total. The topological polar surface area (TPSA) is 72.8 Å². The number of aliphatic hydroxyl groups excluding tert-OH is 1. The summed E-state index contributed by atoms with van der Waals surface area (Å²) in [6, 6.07) is 3.40. The second-order valence-electron chi connectivity index (χ2n) is 4.76. The summed E-state index contributed by atoms with van der Waals surface area (Å²) in [6.45, 7) is 5.52. The highest BCUT2D eigenvalue weighted by Crippen LogP contribution is 2.37. The molecule has 0 aromatic heterocycles. The minimum atomic E-state index is -3.14. The maximum atomic E-state index is 11.8. The van der Waals surface area contributed by atoms with Gasteiger partial charge in [0.2, 0.25) is 0 Å². The normalized spacial score (nSPS) is 11.7. The van der Waals surface area contributed by atoms with Crippen LogP contribution in [-0.4, -0.2) is 37.7 Å². The Labute approximate surface area is 134 Å². The zero-order valence-electron chi connectivity index (χ0n) is 12.4. The molecule has 0 bridgehead atoms. The lowest BCUT2D eigenvalue weighted by atomic mass is 10.2. The molecule has 0 unspecified atom stereocenters. The van der Waals surface area contributed by atoms with Gasteiger partial charge in [-0.05, 0) is 54.4 Å². The van der Waals surface area contributed by atoms with Crippen molar-refractivity contribution in [1.82, 2.24) is 0 Å². The summed E-state index contributed by atoms with van der Waals surface area (Å²) in [6.07, 6.45) is 0. The van der Waals surface area contributed by atoms with Crippen molar-refractivity contribution in [2.45, 2.75) is 32.6 Å². The first-order valence-electron chi connectivity index (χ1n) is 6.72. The Morgan fingerprint density at radius 2 is 1.95 bits per heavy atom. The van der Waals surface area contributed by atoms with Crippen LogP contribution in [-0.2, 0) is 16.4 Å². The van der Waals surface area contributed by atoms with Crippen LogP contribution in [0.4, 0.5) is 0 Å². The van der Waals surface area contributed by atoms with Gasteiger partial charge in [0.1, 0.15) is 6.61 Å². The van der Waals surface area contributed by atoms with Crippen LogP contribution in [0.25, 0.3) is 0 Å². The van der Waals surface area contributed by atoms with Crippen molar-refractivity contribution >= 4 is 25.8 Å². The standard InChI is InChI=1S/C14H21BrO5S/c1-4-19-13-8-11(9-16)7-12(15)14(13)20-5-6-21(17,18)10(2)3/h7-8,10,16H,4-6,9H2,1-3H3. The second-order valence-corrected chi connectivity index (χ2v) is 8.29. The fourth-order valence-corrected chi connectivity index (χ4v) is 3.00. The van der Waals surface area contributed by atoms with Crippen molar-refractivity contribution in [1.29, 1.82) is 0 Å². The summed E-state index contributed by atoms with van der Waals surface area (Å²) < 4.78 is 35.2. The minimum absolute atomic E-state index is 0.0512. The van der Waals surface area contributed by atoms with Crippen molar-refractivity contribution in [3.05, 3.63) is 22.2 Å². The van der Waals surface area contributed by atoms with Crippen molar-refractivity contribution < 1.29 is 23.0 Å². The van der Waals surface area contributed by atoms with Crippen LogP contribution in [0.5, 0.6) is 11.5 Å². The molecule has 0 aliphatic rings. The van der Waals surface area contributed by atoms with Gasteiger partial charge in [-0.15, -0.1) is 0 Å². The quantitative estimate of drug-likeness (QED) is 0.749. The average molecular weight is 381 g/mol. The van der Waals surface area contributed by atoms with Gasteiger partial charge in [-0.2, -0.15) is 0 Å². The molecule has 0 atom stereocenters. The number of halogens is 1. The third kappa shape index (κ3) is 5.16. The molecule has 7 heteroatoms. The van der Waals surface area contributed by atoms with Gasteiger partial charge in [-0.25, -0.2) is 8.42 Å². The SMILES string of the molecule is CCOc1cc(CO)cc(Br)c1OCCS(=O)(=O)C(C)C. The van der Waals surface area contributed by atoms with E-state index in [9.17, 15) is 13.5 Å². The summed E-state index contributed by atoms with van der Waals surface area (Å²) in [5, 5.41) is 8.77.